The highest BCUT2D eigenvalue weighted by Gasteiger charge is 2.57. The van der Waals surface area contributed by atoms with Gasteiger partial charge < -0.3 is 4.90 Å². The molecule has 19 heavy (non-hydrogen) atoms. The molecule has 0 bridgehead atoms. The molecule has 3 unspecified atom stereocenters. The van der Waals surface area contributed by atoms with E-state index in [1.54, 1.807) is 0 Å². The zero-order valence-corrected chi connectivity index (χ0v) is 11.6. The Morgan fingerprint density at radius 3 is 2.68 bits per heavy atom. The average Bonchev–Trinajstić information content (AvgIpc) is 3.15. The summed E-state index contributed by atoms with van der Waals surface area (Å²) < 4.78 is 0. The first-order valence-corrected chi connectivity index (χ1v) is 7.55. The molecule has 3 nitrogen and oxygen atoms in total. The van der Waals surface area contributed by atoms with Crippen LogP contribution in [0.25, 0.3) is 0 Å². The number of hydrazine groups is 1. The lowest BCUT2D eigenvalue weighted by molar-refractivity contribution is 0.175. The number of benzene rings is 1. The zero-order chi connectivity index (χ0) is 12.9. The molecule has 0 radical (unpaired) electrons. The maximum atomic E-state index is 3.64. The fourth-order valence-corrected chi connectivity index (χ4v) is 4.20. The van der Waals surface area contributed by atoms with Gasteiger partial charge in [0.15, 0.2) is 0 Å². The van der Waals surface area contributed by atoms with Crippen molar-refractivity contribution in [2.24, 2.45) is 5.92 Å². The van der Waals surface area contributed by atoms with Crippen LogP contribution < -0.4 is 10.9 Å². The molecule has 2 heterocycles. The molecular weight excluding hydrogens is 234 g/mol. The summed E-state index contributed by atoms with van der Waals surface area (Å²) >= 11 is 0. The summed E-state index contributed by atoms with van der Waals surface area (Å²) in [5, 5.41) is 0. The van der Waals surface area contributed by atoms with E-state index in [0.29, 0.717) is 17.5 Å². The Morgan fingerprint density at radius 2 is 1.95 bits per heavy atom. The van der Waals surface area contributed by atoms with Crippen LogP contribution in [0.15, 0.2) is 30.3 Å². The van der Waals surface area contributed by atoms with Crippen molar-refractivity contribution in [1.29, 1.82) is 0 Å². The predicted octanol–water partition coefficient (Wildman–Crippen LogP) is 1.51. The Bertz CT molecular complexity index is 454. The highest BCUT2D eigenvalue weighted by molar-refractivity contribution is 5.35. The smallest absolute Gasteiger partial charge is 0.0365 e. The van der Waals surface area contributed by atoms with Crippen molar-refractivity contribution in [3.05, 3.63) is 35.9 Å². The third-order valence-electron chi connectivity index (χ3n) is 5.45. The first-order valence-electron chi connectivity index (χ1n) is 7.55. The zero-order valence-electron chi connectivity index (χ0n) is 11.6. The summed E-state index contributed by atoms with van der Waals surface area (Å²) in [6.45, 7) is 2.45. The first-order chi connectivity index (χ1) is 9.29. The topological polar surface area (TPSA) is 27.3 Å². The van der Waals surface area contributed by atoms with Crippen LogP contribution in [0.3, 0.4) is 0 Å². The normalized spacial score (nSPS) is 37.0. The maximum Gasteiger partial charge on any atom is 0.0365 e. The van der Waals surface area contributed by atoms with E-state index in [4.69, 9.17) is 0 Å². The lowest BCUT2D eigenvalue weighted by Gasteiger charge is -2.36. The monoisotopic (exact) mass is 257 g/mol. The fourth-order valence-electron chi connectivity index (χ4n) is 4.20. The number of fused-ring (bicyclic) bond motifs is 1. The van der Waals surface area contributed by atoms with Gasteiger partial charge in [-0.15, -0.1) is 0 Å². The van der Waals surface area contributed by atoms with E-state index in [1.165, 1.54) is 37.9 Å². The summed E-state index contributed by atoms with van der Waals surface area (Å²) in [5.41, 5.74) is 9.14. The summed E-state index contributed by atoms with van der Waals surface area (Å²) in [4.78, 5) is 2.49. The molecule has 3 fully saturated rings. The van der Waals surface area contributed by atoms with E-state index in [0.717, 1.165) is 5.92 Å². The predicted molar refractivity (Wildman–Crippen MR) is 76.8 cm³/mol. The third-order valence-corrected chi connectivity index (χ3v) is 5.45. The Kier molecular flexibility index (Phi) is 2.69. The Labute approximate surface area is 115 Å². The van der Waals surface area contributed by atoms with Gasteiger partial charge in [0, 0.05) is 30.0 Å². The second-order valence-corrected chi connectivity index (χ2v) is 6.61. The Balaban J connectivity index is 1.62. The van der Waals surface area contributed by atoms with Crippen molar-refractivity contribution < 1.29 is 0 Å². The molecule has 2 aliphatic heterocycles. The van der Waals surface area contributed by atoms with Gasteiger partial charge in [-0.05, 0) is 38.4 Å². The molecule has 3 heteroatoms. The average molecular weight is 257 g/mol. The second kappa shape index (κ2) is 4.30. The van der Waals surface area contributed by atoms with Gasteiger partial charge in [0.1, 0.15) is 0 Å². The molecular formula is C16H23N3. The Hall–Kier alpha value is -0.900. The van der Waals surface area contributed by atoms with Crippen molar-refractivity contribution in [3.8, 4) is 0 Å². The maximum absolute atomic E-state index is 3.64. The molecule has 1 saturated carbocycles. The molecule has 2 saturated heterocycles. The molecule has 1 aromatic rings. The van der Waals surface area contributed by atoms with Crippen LogP contribution in [0, 0.1) is 5.92 Å². The van der Waals surface area contributed by atoms with Crippen molar-refractivity contribution >= 4 is 0 Å². The number of hydrogen-bond donors (Lipinski definition) is 2. The van der Waals surface area contributed by atoms with Crippen molar-refractivity contribution in [3.63, 3.8) is 0 Å². The van der Waals surface area contributed by atoms with Gasteiger partial charge in [0.05, 0.1) is 0 Å². The van der Waals surface area contributed by atoms with Gasteiger partial charge in [0.2, 0.25) is 0 Å². The van der Waals surface area contributed by atoms with Gasteiger partial charge in [-0.1, -0.05) is 30.3 Å². The molecule has 102 valence electrons. The SMILES string of the molecule is CN1CCC2NNC(C3(c4ccccc4)CC3)C2C1. The van der Waals surface area contributed by atoms with Gasteiger partial charge in [-0.2, -0.15) is 0 Å². The van der Waals surface area contributed by atoms with Gasteiger partial charge in [-0.25, -0.2) is 0 Å². The minimum Gasteiger partial charge on any atom is -0.306 e. The van der Waals surface area contributed by atoms with Crippen LogP contribution in [-0.2, 0) is 5.41 Å². The van der Waals surface area contributed by atoms with E-state index in [1.807, 2.05) is 0 Å². The minimum absolute atomic E-state index is 0.395. The van der Waals surface area contributed by atoms with Crippen LogP contribution in [0.1, 0.15) is 24.8 Å². The number of likely N-dealkylation sites (tertiary alicyclic amines) is 1. The van der Waals surface area contributed by atoms with Crippen LogP contribution in [-0.4, -0.2) is 37.1 Å². The van der Waals surface area contributed by atoms with E-state index in [-0.39, 0.29) is 0 Å². The standard InChI is InChI=1S/C16H23N3/c1-19-10-7-14-13(11-19)15(18-17-14)16(8-9-16)12-5-3-2-4-6-12/h2-6,13-15,17-18H,7-11H2,1H3. The fraction of sp³-hybridized carbons (Fsp3) is 0.625. The summed E-state index contributed by atoms with van der Waals surface area (Å²) in [6, 6.07) is 12.4. The number of piperidine rings is 1. The Morgan fingerprint density at radius 1 is 1.16 bits per heavy atom. The number of rotatable bonds is 2. The molecule has 3 aliphatic rings. The molecule has 4 rings (SSSR count). The first kappa shape index (κ1) is 11.9. The molecule has 3 atom stereocenters. The van der Waals surface area contributed by atoms with Crippen LogP contribution in [0.2, 0.25) is 0 Å². The van der Waals surface area contributed by atoms with Crippen molar-refractivity contribution in [2.75, 3.05) is 20.1 Å². The molecule has 0 aromatic heterocycles. The highest BCUT2D eigenvalue weighted by atomic mass is 15.4. The lowest BCUT2D eigenvalue weighted by Crippen LogP contribution is -2.47. The van der Waals surface area contributed by atoms with Gasteiger partial charge in [0.25, 0.3) is 0 Å². The minimum atomic E-state index is 0.395. The number of hydrogen-bond acceptors (Lipinski definition) is 3. The number of nitrogens with one attached hydrogen (secondary N) is 2. The van der Waals surface area contributed by atoms with Crippen LogP contribution >= 0.6 is 0 Å². The third kappa shape index (κ3) is 1.83. The van der Waals surface area contributed by atoms with E-state index in [9.17, 15) is 0 Å². The van der Waals surface area contributed by atoms with Gasteiger partial charge in [-0.3, -0.25) is 10.9 Å². The van der Waals surface area contributed by atoms with E-state index < -0.39 is 0 Å². The molecule has 0 amide bonds. The molecule has 2 N–H and O–H groups in total. The summed E-state index contributed by atoms with van der Waals surface area (Å²) in [7, 11) is 2.26. The second-order valence-electron chi connectivity index (χ2n) is 6.61. The van der Waals surface area contributed by atoms with Crippen molar-refractivity contribution in [2.45, 2.75) is 36.8 Å². The number of nitrogens with zero attached hydrogens (tertiary/aromatic N) is 1. The highest BCUT2D eigenvalue weighted by Crippen LogP contribution is 2.54. The quantitative estimate of drug-likeness (QED) is 0.841. The van der Waals surface area contributed by atoms with E-state index in [2.05, 4.69) is 53.1 Å². The molecule has 0 spiro atoms. The van der Waals surface area contributed by atoms with Crippen molar-refractivity contribution in [1.82, 2.24) is 15.8 Å². The summed E-state index contributed by atoms with van der Waals surface area (Å²) in [6.07, 6.45) is 3.95. The van der Waals surface area contributed by atoms with Gasteiger partial charge >= 0.3 is 0 Å². The van der Waals surface area contributed by atoms with E-state index >= 15 is 0 Å². The summed E-state index contributed by atoms with van der Waals surface area (Å²) in [5.74, 6) is 0.751. The molecule has 1 aliphatic carbocycles. The van der Waals surface area contributed by atoms with Crippen LogP contribution in [0.5, 0.6) is 0 Å². The lowest BCUT2D eigenvalue weighted by atomic mass is 9.77. The molecule has 1 aromatic carbocycles. The largest absolute Gasteiger partial charge is 0.306 e. The van der Waals surface area contributed by atoms with Crippen LogP contribution in [0.4, 0.5) is 0 Å².